The van der Waals surface area contributed by atoms with Gasteiger partial charge in [-0.05, 0) is 18.8 Å². The molecule has 0 aromatic rings. The van der Waals surface area contributed by atoms with Crippen LogP contribution in [-0.4, -0.2) is 11.9 Å². The van der Waals surface area contributed by atoms with Gasteiger partial charge >= 0.3 is 0 Å². The van der Waals surface area contributed by atoms with Crippen LogP contribution in [-0.2, 0) is 4.79 Å². The van der Waals surface area contributed by atoms with Crippen LogP contribution < -0.4 is 5.32 Å². The predicted octanol–water partition coefficient (Wildman–Crippen LogP) is 3.51. The monoisotopic (exact) mass is 213 g/mol. The second-order valence-corrected chi connectivity index (χ2v) is 4.79. The maximum Gasteiger partial charge on any atom is 0.220 e. The van der Waals surface area contributed by atoms with E-state index in [0.29, 0.717) is 18.4 Å². The van der Waals surface area contributed by atoms with Crippen LogP contribution in [0.15, 0.2) is 0 Å². The second-order valence-electron chi connectivity index (χ2n) is 4.79. The van der Waals surface area contributed by atoms with Crippen molar-refractivity contribution in [2.45, 2.75) is 72.3 Å². The highest BCUT2D eigenvalue weighted by atomic mass is 16.1. The van der Waals surface area contributed by atoms with Crippen LogP contribution in [0.1, 0.15) is 66.2 Å². The molecule has 0 aliphatic carbocycles. The summed E-state index contributed by atoms with van der Waals surface area (Å²) in [4.78, 5) is 11.6. The maximum atomic E-state index is 11.6. The van der Waals surface area contributed by atoms with Gasteiger partial charge in [0, 0.05) is 12.5 Å². The van der Waals surface area contributed by atoms with Gasteiger partial charge in [-0.15, -0.1) is 0 Å². The number of carbonyl (C=O) groups excluding carboxylic acids is 1. The molecule has 0 rings (SSSR count). The average molecular weight is 213 g/mol. The molecule has 2 nitrogen and oxygen atoms in total. The van der Waals surface area contributed by atoms with E-state index in [2.05, 4.69) is 33.0 Å². The Morgan fingerprint density at radius 3 is 2.27 bits per heavy atom. The van der Waals surface area contributed by atoms with Crippen molar-refractivity contribution in [2.24, 2.45) is 5.92 Å². The van der Waals surface area contributed by atoms with E-state index < -0.39 is 0 Å². The lowest BCUT2D eigenvalue weighted by molar-refractivity contribution is -0.122. The van der Waals surface area contributed by atoms with E-state index in [-0.39, 0.29) is 5.91 Å². The fourth-order valence-corrected chi connectivity index (χ4v) is 1.75. The third-order valence-electron chi connectivity index (χ3n) is 2.50. The number of carbonyl (C=O) groups is 1. The number of rotatable bonds is 8. The summed E-state index contributed by atoms with van der Waals surface area (Å²) in [5, 5.41) is 3.15. The van der Waals surface area contributed by atoms with Crippen molar-refractivity contribution in [1.29, 1.82) is 0 Å². The Bertz CT molecular complexity index is 166. The molecule has 90 valence electrons. The Kier molecular flexibility index (Phi) is 8.44. The van der Waals surface area contributed by atoms with Gasteiger partial charge in [0.15, 0.2) is 0 Å². The molecule has 0 fully saturated rings. The van der Waals surface area contributed by atoms with Crippen molar-refractivity contribution in [3.63, 3.8) is 0 Å². The minimum Gasteiger partial charge on any atom is -0.353 e. The van der Waals surface area contributed by atoms with E-state index in [4.69, 9.17) is 0 Å². The Morgan fingerprint density at radius 1 is 1.13 bits per heavy atom. The lowest BCUT2D eigenvalue weighted by atomic mass is 10.0. The van der Waals surface area contributed by atoms with Crippen molar-refractivity contribution >= 4 is 5.91 Å². The van der Waals surface area contributed by atoms with Crippen molar-refractivity contribution in [2.75, 3.05) is 0 Å². The van der Waals surface area contributed by atoms with Crippen LogP contribution in [0.3, 0.4) is 0 Å². The highest BCUT2D eigenvalue weighted by Gasteiger charge is 2.11. The number of hydrogen-bond donors (Lipinski definition) is 1. The average Bonchev–Trinajstić information content (AvgIpc) is 2.13. The second kappa shape index (κ2) is 8.75. The van der Waals surface area contributed by atoms with E-state index >= 15 is 0 Å². The summed E-state index contributed by atoms with van der Waals surface area (Å²) in [6.07, 6.45) is 6.48. The number of hydrogen-bond acceptors (Lipinski definition) is 1. The van der Waals surface area contributed by atoms with E-state index in [1.165, 1.54) is 12.8 Å². The molecule has 0 aliphatic rings. The minimum atomic E-state index is 0.222. The number of nitrogens with one attached hydrogen (secondary N) is 1. The zero-order chi connectivity index (χ0) is 11.7. The van der Waals surface area contributed by atoms with Crippen molar-refractivity contribution in [3.05, 3.63) is 0 Å². The number of amides is 1. The zero-order valence-electron chi connectivity index (χ0n) is 10.8. The zero-order valence-corrected chi connectivity index (χ0v) is 10.8. The molecule has 1 unspecified atom stereocenters. The normalized spacial score (nSPS) is 12.9. The van der Waals surface area contributed by atoms with Gasteiger partial charge < -0.3 is 5.32 Å². The topological polar surface area (TPSA) is 29.1 Å². The SMILES string of the molecule is CCCCC(CCC)NC(=O)CC(C)C. The third-order valence-corrected chi connectivity index (χ3v) is 2.50. The Morgan fingerprint density at radius 2 is 1.80 bits per heavy atom. The largest absolute Gasteiger partial charge is 0.353 e. The molecule has 0 heterocycles. The van der Waals surface area contributed by atoms with Gasteiger partial charge in [-0.3, -0.25) is 4.79 Å². The van der Waals surface area contributed by atoms with Crippen LogP contribution in [0.4, 0.5) is 0 Å². The fraction of sp³-hybridized carbons (Fsp3) is 0.923. The van der Waals surface area contributed by atoms with Gasteiger partial charge in [0.2, 0.25) is 5.91 Å². The molecule has 0 aliphatic heterocycles. The van der Waals surface area contributed by atoms with E-state index in [1.54, 1.807) is 0 Å². The maximum absolute atomic E-state index is 11.6. The first-order valence-electron chi connectivity index (χ1n) is 6.39. The van der Waals surface area contributed by atoms with Gasteiger partial charge in [0.25, 0.3) is 0 Å². The van der Waals surface area contributed by atoms with Crippen molar-refractivity contribution in [1.82, 2.24) is 5.32 Å². The van der Waals surface area contributed by atoms with E-state index in [9.17, 15) is 4.79 Å². The van der Waals surface area contributed by atoms with Crippen LogP contribution in [0.2, 0.25) is 0 Å². The Balaban J connectivity index is 3.86. The summed E-state index contributed by atoms with van der Waals surface area (Å²) in [5.74, 6) is 0.679. The minimum absolute atomic E-state index is 0.222. The molecular weight excluding hydrogens is 186 g/mol. The molecule has 0 bridgehead atoms. The van der Waals surface area contributed by atoms with Crippen molar-refractivity contribution in [3.8, 4) is 0 Å². The standard InChI is InChI=1S/C13H27NO/c1-5-7-9-12(8-6-2)14-13(15)10-11(3)4/h11-12H,5-10H2,1-4H3,(H,14,15). The molecule has 0 aromatic carbocycles. The van der Waals surface area contributed by atoms with Crippen LogP contribution in [0, 0.1) is 5.92 Å². The summed E-state index contributed by atoms with van der Waals surface area (Å²) in [7, 11) is 0. The van der Waals surface area contributed by atoms with Gasteiger partial charge in [-0.1, -0.05) is 47.0 Å². The summed E-state index contributed by atoms with van der Waals surface area (Å²) in [6, 6.07) is 0.404. The first-order chi connectivity index (χ1) is 7.10. The lowest BCUT2D eigenvalue weighted by Crippen LogP contribution is -2.35. The molecule has 1 atom stereocenters. The molecule has 0 saturated carbocycles. The molecule has 0 saturated heterocycles. The smallest absolute Gasteiger partial charge is 0.220 e. The molecule has 0 radical (unpaired) electrons. The third kappa shape index (κ3) is 8.46. The summed E-state index contributed by atoms with van der Waals surface area (Å²) in [5.41, 5.74) is 0. The molecule has 1 amide bonds. The summed E-state index contributed by atoms with van der Waals surface area (Å²) in [6.45, 7) is 8.54. The van der Waals surface area contributed by atoms with Gasteiger partial charge in [0.1, 0.15) is 0 Å². The first kappa shape index (κ1) is 14.5. The van der Waals surface area contributed by atoms with Gasteiger partial charge in [0.05, 0.1) is 0 Å². The lowest BCUT2D eigenvalue weighted by Gasteiger charge is -2.18. The highest BCUT2D eigenvalue weighted by Crippen LogP contribution is 2.08. The molecule has 15 heavy (non-hydrogen) atoms. The number of unbranched alkanes of at least 4 members (excludes halogenated alkanes) is 1. The molecule has 1 N–H and O–H groups in total. The molecular formula is C13H27NO. The summed E-state index contributed by atoms with van der Waals surface area (Å²) >= 11 is 0. The summed E-state index contributed by atoms with van der Waals surface area (Å²) < 4.78 is 0. The Labute approximate surface area is 94.8 Å². The predicted molar refractivity (Wildman–Crippen MR) is 65.8 cm³/mol. The quantitative estimate of drug-likeness (QED) is 0.657. The van der Waals surface area contributed by atoms with Crippen LogP contribution >= 0.6 is 0 Å². The van der Waals surface area contributed by atoms with Crippen LogP contribution in [0.25, 0.3) is 0 Å². The highest BCUT2D eigenvalue weighted by molar-refractivity contribution is 5.76. The van der Waals surface area contributed by atoms with E-state index in [1.807, 2.05) is 0 Å². The Hall–Kier alpha value is -0.530. The van der Waals surface area contributed by atoms with Gasteiger partial charge in [-0.2, -0.15) is 0 Å². The first-order valence-corrected chi connectivity index (χ1v) is 6.39. The van der Waals surface area contributed by atoms with Crippen molar-refractivity contribution < 1.29 is 4.79 Å². The molecule has 2 heteroatoms. The van der Waals surface area contributed by atoms with Gasteiger partial charge in [-0.25, -0.2) is 0 Å². The fourth-order valence-electron chi connectivity index (χ4n) is 1.75. The van der Waals surface area contributed by atoms with Crippen LogP contribution in [0.5, 0.6) is 0 Å². The molecule has 0 aromatic heterocycles. The van der Waals surface area contributed by atoms with E-state index in [0.717, 1.165) is 19.3 Å². The molecule has 0 spiro atoms.